The number of rotatable bonds is 8. The molecule has 0 saturated carbocycles. The minimum atomic E-state index is 0.183. The van der Waals surface area contributed by atoms with E-state index in [0.29, 0.717) is 0 Å². The Morgan fingerprint density at radius 2 is 2.10 bits per heavy atom. The van der Waals surface area contributed by atoms with Gasteiger partial charge in [-0.05, 0) is 43.7 Å². The van der Waals surface area contributed by atoms with Gasteiger partial charge in [-0.25, -0.2) is 0 Å². The molecule has 0 amide bonds. The zero-order valence-electron chi connectivity index (χ0n) is 12.1. The first-order chi connectivity index (χ1) is 9.74. The van der Waals surface area contributed by atoms with Crippen LogP contribution in [-0.2, 0) is 4.74 Å². The molecule has 1 unspecified atom stereocenters. The molecule has 0 aliphatic carbocycles. The fraction of sp³-hybridized carbons (Fsp3) is 0.500. The highest BCUT2D eigenvalue weighted by molar-refractivity contribution is 6.31. The molecule has 0 aliphatic heterocycles. The lowest BCUT2D eigenvalue weighted by Gasteiger charge is -2.15. The molecule has 1 heterocycles. The van der Waals surface area contributed by atoms with E-state index in [1.165, 1.54) is 0 Å². The minimum absolute atomic E-state index is 0.183. The number of ether oxygens (including phenoxy) is 1. The summed E-state index contributed by atoms with van der Waals surface area (Å²) in [6, 6.07) is 7.94. The van der Waals surface area contributed by atoms with Crippen molar-refractivity contribution in [2.45, 2.75) is 32.7 Å². The lowest BCUT2D eigenvalue weighted by atomic mass is 10.1. The van der Waals surface area contributed by atoms with Gasteiger partial charge in [0, 0.05) is 23.6 Å². The molecule has 1 N–H and O–H groups in total. The van der Waals surface area contributed by atoms with Crippen molar-refractivity contribution in [3.63, 3.8) is 0 Å². The van der Waals surface area contributed by atoms with E-state index < -0.39 is 0 Å². The molecule has 110 valence electrons. The highest BCUT2D eigenvalue weighted by Gasteiger charge is 2.15. The maximum atomic E-state index is 6.01. The van der Waals surface area contributed by atoms with Crippen LogP contribution in [0.1, 0.15) is 38.5 Å². The molecule has 4 heteroatoms. The lowest BCUT2D eigenvalue weighted by Crippen LogP contribution is -2.22. The summed E-state index contributed by atoms with van der Waals surface area (Å²) in [7, 11) is 0. The molecular weight excluding hydrogens is 274 g/mol. The second-order valence-corrected chi connectivity index (χ2v) is 5.28. The van der Waals surface area contributed by atoms with Gasteiger partial charge in [0.2, 0.25) is 0 Å². The molecule has 1 atom stereocenters. The molecule has 0 aliphatic rings. The molecular formula is C16H22ClNO2. The van der Waals surface area contributed by atoms with Crippen molar-refractivity contribution in [3.8, 4) is 0 Å². The van der Waals surface area contributed by atoms with E-state index >= 15 is 0 Å². The fourth-order valence-corrected chi connectivity index (χ4v) is 2.43. The van der Waals surface area contributed by atoms with Crippen LogP contribution in [0, 0.1) is 0 Å². The van der Waals surface area contributed by atoms with Crippen molar-refractivity contribution < 1.29 is 9.15 Å². The van der Waals surface area contributed by atoms with Gasteiger partial charge in [-0.3, -0.25) is 0 Å². The van der Waals surface area contributed by atoms with E-state index in [9.17, 15) is 0 Å². The predicted molar refractivity (Wildman–Crippen MR) is 83.4 cm³/mol. The Labute approximate surface area is 125 Å². The molecule has 0 radical (unpaired) electrons. The van der Waals surface area contributed by atoms with Gasteiger partial charge in [-0.15, -0.1) is 0 Å². The summed E-state index contributed by atoms with van der Waals surface area (Å²) in [5.41, 5.74) is 0.877. The van der Waals surface area contributed by atoms with Crippen LogP contribution in [0.3, 0.4) is 0 Å². The van der Waals surface area contributed by atoms with Crippen LogP contribution in [0.15, 0.2) is 28.7 Å². The van der Waals surface area contributed by atoms with Gasteiger partial charge in [0.15, 0.2) is 0 Å². The summed E-state index contributed by atoms with van der Waals surface area (Å²) >= 11 is 6.01. The second kappa shape index (κ2) is 7.67. The molecule has 3 nitrogen and oxygen atoms in total. The van der Waals surface area contributed by atoms with Crippen molar-refractivity contribution >= 4 is 22.6 Å². The second-order valence-electron chi connectivity index (χ2n) is 4.84. The van der Waals surface area contributed by atoms with Crippen molar-refractivity contribution in [2.24, 2.45) is 0 Å². The SMILES string of the molecule is CCCOCCC(NCC)c1cc2cc(Cl)ccc2o1. The number of benzene rings is 1. The fourth-order valence-electron chi connectivity index (χ4n) is 2.25. The van der Waals surface area contributed by atoms with E-state index in [2.05, 4.69) is 25.2 Å². The third kappa shape index (κ3) is 3.98. The molecule has 1 aromatic heterocycles. The van der Waals surface area contributed by atoms with Crippen molar-refractivity contribution in [1.29, 1.82) is 0 Å². The van der Waals surface area contributed by atoms with Gasteiger partial charge in [-0.2, -0.15) is 0 Å². The third-order valence-corrected chi connectivity index (χ3v) is 3.43. The van der Waals surface area contributed by atoms with Crippen LogP contribution in [0.4, 0.5) is 0 Å². The zero-order valence-corrected chi connectivity index (χ0v) is 12.9. The average Bonchev–Trinajstić information content (AvgIpc) is 2.85. The first-order valence-corrected chi connectivity index (χ1v) is 7.62. The predicted octanol–water partition coefficient (Wildman–Crippen LogP) is 4.55. The third-order valence-electron chi connectivity index (χ3n) is 3.19. The van der Waals surface area contributed by atoms with Crippen molar-refractivity contribution in [1.82, 2.24) is 5.32 Å². The smallest absolute Gasteiger partial charge is 0.134 e. The van der Waals surface area contributed by atoms with Crippen LogP contribution in [0.25, 0.3) is 11.0 Å². The molecule has 0 spiro atoms. The maximum Gasteiger partial charge on any atom is 0.134 e. The maximum absolute atomic E-state index is 6.01. The molecule has 2 rings (SSSR count). The van der Waals surface area contributed by atoms with E-state index in [1.807, 2.05) is 18.2 Å². The summed E-state index contributed by atoms with van der Waals surface area (Å²) < 4.78 is 11.5. The summed E-state index contributed by atoms with van der Waals surface area (Å²) in [5.74, 6) is 0.948. The van der Waals surface area contributed by atoms with Gasteiger partial charge >= 0.3 is 0 Å². The van der Waals surface area contributed by atoms with Crippen LogP contribution < -0.4 is 5.32 Å². The number of fused-ring (bicyclic) bond motifs is 1. The van der Waals surface area contributed by atoms with Crippen LogP contribution >= 0.6 is 11.6 Å². The first-order valence-electron chi connectivity index (χ1n) is 7.24. The molecule has 0 fully saturated rings. The number of nitrogens with one attached hydrogen (secondary N) is 1. The molecule has 0 bridgehead atoms. The molecule has 0 saturated heterocycles. The topological polar surface area (TPSA) is 34.4 Å². The Morgan fingerprint density at radius 1 is 1.25 bits per heavy atom. The highest BCUT2D eigenvalue weighted by atomic mass is 35.5. The Balaban J connectivity index is 2.09. The molecule has 2 aromatic rings. The summed E-state index contributed by atoms with van der Waals surface area (Å²) in [6.45, 7) is 6.67. The molecule has 1 aromatic carbocycles. The number of furan rings is 1. The Hall–Kier alpha value is -1.03. The van der Waals surface area contributed by atoms with Crippen LogP contribution in [-0.4, -0.2) is 19.8 Å². The Bertz CT molecular complexity index is 538. The van der Waals surface area contributed by atoms with Gasteiger partial charge in [-0.1, -0.05) is 25.4 Å². The summed E-state index contributed by atoms with van der Waals surface area (Å²) in [4.78, 5) is 0. The Kier molecular flexibility index (Phi) is 5.89. The molecule has 20 heavy (non-hydrogen) atoms. The van der Waals surface area contributed by atoms with Crippen molar-refractivity contribution in [2.75, 3.05) is 19.8 Å². The summed E-state index contributed by atoms with van der Waals surface area (Å²) in [5, 5.41) is 5.22. The van der Waals surface area contributed by atoms with E-state index in [1.54, 1.807) is 0 Å². The summed E-state index contributed by atoms with van der Waals surface area (Å²) in [6.07, 6.45) is 1.95. The van der Waals surface area contributed by atoms with E-state index in [4.69, 9.17) is 20.8 Å². The quantitative estimate of drug-likeness (QED) is 0.725. The number of hydrogen-bond donors (Lipinski definition) is 1. The number of halogens is 1. The van der Waals surface area contributed by atoms with E-state index in [-0.39, 0.29) is 6.04 Å². The van der Waals surface area contributed by atoms with Gasteiger partial charge in [0.05, 0.1) is 6.04 Å². The van der Waals surface area contributed by atoms with Crippen LogP contribution in [0.5, 0.6) is 0 Å². The normalized spacial score (nSPS) is 12.9. The van der Waals surface area contributed by atoms with E-state index in [0.717, 1.165) is 54.4 Å². The van der Waals surface area contributed by atoms with Gasteiger partial charge in [0.25, 0.3) is 0 Å². The largest absolute Gasteiger partial charge is 0.459 e. The van der Waals surface area contributed by atoms with Crippen LogP contribution in [0.2, 0.25) is 5.02 Å². The Morgan fingerprint density at radius 3 is 2.85 bits per heavy atom. The van der Waals surface area contributed by atoms with Crippen molar-refractivity contribution in [3.05, 3.63) is 35.0 Å². The zero-order chi connectivity index (χ0) is 14.4. The standard InChI is InChI=1S/C16H22ClNO2/c1-3-8-19-9-7-14(18-4-2)16-11-12-10-13(17)5-6-15(12)20-16/h5-6,10-11,14,18H,3-4,7-9H2,1-2H3. The number of hydrogen-bond acceptors (Lipinski definition) is 3. The lowest BCUT2D eigenvalue weighted by molar-refractivity contribution is 0.122. The highest BCUT2D eigenvalue weighted by Crippen LogP contribution is 2.27. The monoisotopic (exact) mass is 295 g/mol. The van der Waals surface area contributed by atoms with Gasteiger partial charge < -0.3 is 14.5 Å². The first kappa shape index (κ1) is 15.4. The average molecular weight is 296 g/mol. The van der Waals surface area contributed by atoms with Gasteiger partial charge in [0.1, 0.15) is 11.3 Å². The minimum Gasteiger partial charge on any atom is -0.459 e.